The molecule has 0 aliphatic heterocycles. The standard InChI is InChI=1S/C16H16N4O3S2/c1-24-7-6-14(16(22)23)20-15(21)11(8-17)9-19-12-2-4-13(5-3-12)25-10-18/h2-5,9,14,19H,6-7H2,1H3,(H,20,21)(H,22,23)/b11-9-. The van der Waals surface area contributed by atoms with E-state index in [1.165, 1.54) is 18.0 Å². The molecule has 0 saturated carbocycles. The lowest BCUT2D eigenvalue weighted by atomic mass is 10.2. The molecule has 0 heterocycles. The smallest absolute Gasteiger partial charge is 0.326 e. The first-order chi connectivity index (χ1) is 12.0. The Morgan fingerprint density at radius 1 is 1.32 bits per heavy atom. The maximum Gasteiger partial charge on any atom is 0.326 e. The average molecular weight is 376 g/mol. The number of anilines is 1. The fraction of sp³-hybridized carbons (Fsp3) is 0.250. The van der Waals surface area contributed by atoms with Crippen molar-refractivity contribution >= 4 is 41.1 Å². The summed E-state index contributed by atoms with van der Waals surface area (Å²) in [6.45, 7) is 0. The lowest BCUT2D eigenvalue weighted by molar-refractivity contribution is -0.141. The van der Waals surface area contributed by atoms with E-state index in [0.29, 0.717) is 11.4 Å². The van der Waals surface area contributed by atoms with Crippen molar-refractivity contribution in [1.82, 2.24) is 5.32 Å². The quantitative estimate of drug-likeness (QED) is 0.260. The largest absolute Gasteiger partial charge is 0.480 e. The van der Waals surface area contributed by atoms with Crippen molar-refractivity contribution in [1.29, 1.82) is 10.5 Å². The maximum atomic E-state index is 12.1. The van der Waals surface area contributed by atoms with Crippen LogP contribution in [0, 0.1) is 22.0 Å². The summed E-state index contributed by atoms with van der Waals surface area (Å²) in [4.78, 5) is 24.0. The van der Waals surface area contributed by atoms with Crippen LogP contribution in [0.4, 0.5) is 5.69 Å². The molecule has 0 bridgehead atoms. The monoisotopic (exact) mass is 376 g/mol. The van der Waals surface area contributed by atoms with Crippen LogP contribution in [0.25, 0.3) is 0 Å². The molecule has 3 N–H and O–H groups in total. The van der Waals surface area contributed by atoms with E-state index < -0.39 is 17.9 Å². The van der Waals surface area contributed by atoms with Crippen LogP contribution in [0.3, 0.4) is 0 Å². The lowest BCUT2D eigenvalue weighted by Crippen LogP contribution is -2.41. The van der Waals surface area contributed by atoms with Gasteiger partial charge in [0.15, 0.2) is 0 Å². The van der Waals surface area contributed by atoms with Gasteiger partial charge in [0.1, 0.15) is 23.1 Å². The number of thioether (sulfide) groups is 2. The molecule has 0 radical (unpaired) electrons. The number of nitrogens with one attached hydrogen (secondary N) is 2. The predicted molar refractivity (Wildman–Crippen MR) is 97.8 cm³/mol. The van der Waals surface area contributed by atoms with Crippen LogP contribution < -0.4 is 10.6 Å². The van der Waals surface area contributed by atoms with Gasteiger partial charge in [0, 0.05) is 16.8 Å². The van der Waals surface area contributed by atoms with E-state index in [-0.39, 0.29) is 12.0 Å². The van der Waals surface area contributed by atoms with Gasteiger partial charge < -0.3 is 15.7 Å². The van der Waals surface area contributed by atoms with Gasteiger partial charge in [-0.15, -0.1) is 0 Å². The Labute approximate surface area is 154 Å². The Balaban J connectivity index is 2.74. The fourth-order valence-electron chi connectivity index (χ4n) is 1.71. The lowest BCUT2D eigenvalue weighted by Gasteiger charge is -2.13. The van der Waals surface area contributed by atoms with Crippen LogP contribution >= 0.6 is 23.5 Å². The summed E-state index contributed by atoms with van der Waals surface area (Å²) in [6, 6.07) is 7.54. The van der Waals surface area contributed by atoms with E-state index in [2.05, 4.69) is 10.6 Å². The van der Waals surface area contributed by atoms with Crippen LogP contribution in [0.5, 0.6) is 0 Å². The molecule has 1 aromatic carbocycles. The van der Waals surface area contributed by atoms with Gasteiger partial charge in [0.2, 0.25) is 0 Å². The van der Waals surface area contributed by atoms with E-state index in [0.717, 1.165) is 16.7 Å². The highest BCUT2D eigenvalue weighted by Crippen LogP contribution is 2.19. The number of carboxylic acids is 1. The number of rotatable bonds is 9. The molecule has 0 fully saturated rings. The molecule has 9 heteroatoms. The first-order valence-corrected chi connectivity index (χ1v) is 9.28. The summed E-state index contributed by atoms with van der Waals surface area (Å²) < 4.78 is 0. The molecule has 0 spiro atoms. The van der Waals surface area contributed by atoms with Gasteiger partial charge in [-0.1, -0.05) is 0 Å². The normalized spacial score (nSPS) is 11.7. The molecule has 7 nitrogen and oxygen atoms in total. The van der Waals surface area contributed by atoms with Crippen molar-refractivity contribution < 1.29 is 14.7 Å². The number of aliphatic carboxylic acids is 1. The Kier molecular flexibility index (Phi) is 9.01. The zero-order chi connectivity index (χ0) is 18.7. The van der Waals surface area contributed by atoms with Crippen molar-refractivity contribution in [2.75, 3.05) is 17.3 Å². The minimum absolute atomic E-state index is 0.231. The van der Waals surface area contributed by atoms with Crippen molar-refractivity contribution in [3.05, 3.63) is 36.0 Å². The molecule has 25 heavy (non-hydrogen) atoms. The SMILES string of the molecule is CSCCC(NC(=O)/C(C#N)=C\Nc1ccc(SC#N)cc1)C(=O)O. The Morgan fingerprint density at radius 3 is 2.52 bits per heavy atom. The third-order valence-corrected chi connectivity index (χ3v) is 4.22. The zero-order valence-corrected chi connectivity index (χ0v) is 15.0. The van der Waals surface area contributed by atoms with E-state index >= 15 is 0 Å². The summed E-state index contributed by atoms with van der Waals surface area (Å²) in [5.41, 5.74) is 0.394. The number of hydrogen-bond donors (Lipinski definition) is 3. The van der Waals surface area contributed by atoms with Gasteiger partial charge in [0.05, 0.1) is 0 Å². The highest BCUT2D eigenvalue weighted by atomic mass is 32.2. The fourth-order valence-corrected chi connectivity index (χ4v) is 2.55. The summed E-state index contributed by atoms with van der Waals surface area (Å²) in [5, 5.41) is 33.9. The number of nitrogens with zero attached hydrogens (tertiary/aromatic N) is 2. The third-order valence-electron chi connectivity index (χ3n) is 2.98. The summed E-state index contributed by atoms with van der Waals surface area (Å²) in [6.07, 6.45) is 3.33. The molecule has 0 saturated heterocycles. The molecule has 1 atom stereocenters. The number of carboxylic acid groups (broad SMARTS) is 1. The van der Waals surface area contributed by atoms with Gasteiger partial charge in [-0.3, -0.25) is 4.79 Å². The summed E-state index contributed by atoms with van der Waals surface area (Å²) in [7, 11) is 0. The van der Waals surface area contributed by atoms with Crippen LogP contribution in [-0.4, -0.2) is 35.0 Å². The highest BCUT2D eigenvalue weighted by Gasteiger charge is 2.21. The first kappa shape index (κ1) is 20.4. The molecule has 0 aliphatic rings. The highest BCUT2D eigenvalue weighted by molar-refractivity contribution is 8.03. The van der Waals surface area contributed by atoms with Crippen molar-refractivity contribution in [2.45, 2.75) is 17.4 Å². The van der Waals surface area contributed by atoms with Gasteiger partial charge in [-0.25, -0.2) is 4.79 Å². The Morgan fingerprint density at radius 2 is 2.00 bits per heavy atom. The van der Waals surface area contributed by atoms with Crippen molar-refractivity contribution in [3.63, 3.8) is 0 Å². The minimum atomic E-state index is -1.14. The second kappa shape index (κ2) is 11.0. The Bertz CT molecular complexity index is 720. The Hall–Kier alpha value is -2.62. The van der Waals surface area contributed by atoms with Gasteiger partial charge >= 0.3 is 5.97 Å². The number of carbonyl (C=O) groups is 2. The number of nitriles is 2. The van der Waals surface area contributed by atoms with Crippen LogP contribution in [0.15, 0.2) is 40.9 Å². The van der Waals surface area contributed by atoms with Crippen LogP contribution in [0.1, 0.15) is 6.42 Å². The van der Waals surface area contributed by atoms with Crippen LogP contribution in [-0.2, 0) is 9.59 Å². The van der Waals surface area contributed by atoms with Gasteiger partial charge in [-0.05, 0) is 54.5 Å². The number of benzene rings is 1. The van der Waals surface area contributed by atoms with Crippen LogP contribution in [0.2, 0.25) is 0 Å². The predicted octanol–water partition coefficient (Wildman–Crippen LogP) is 2.40. The molecular weight excluding hydrogens is 360 g/mol. The molecule has 1 unspecified atom stereocenters. The van der Waals surface area contributed by atoms with E-state index in [1.807, 2.05) is 11.7 Å². The second-order valence-corrected chi connectivity index (χ2v) is 6.52. The van der Waals surface area contributed by atoms with E-state index in [9.17, 15) is 9.59 Å². The van der Waals surface area contributed by atoms with Crippen molar-refractivity contribution in [2.24, 2.45) is 0 Å². The number of amides is 1. The summed E-state index contributed by atoms with van der Waals surface area (Å²) in [5.74, 6) is -1.31. The molecule has 1 aromatic rings. The topological polar surface area (TPSA) is 126 Å². The summed E-state index contributed by atoms with van der Waals surface area (Å²) >= 11 is 2.49. The first-order valence-electron chi connectivity index (χ1n) is 7.07. The molecule has 130 valence electrons. The van der Waals surface area contributed by atoms with Gasteiger partial charge in [-0.2, -0.15) is 22.3 Å². The molecule has 1 rings (SSSR count). The molecule has 1 amide bonds. The molecule has 0 aliphatic carbocycles. The maximum absolute atomic E-state index is 12.1. The second-order valence-electron chi connectivity index (χ2n) is 4.68. The molecule has 0 aromatic heterocycles. The van der Waals surface area contributed by atoms with E-state index in [4.69, 9.17) is 15.6 Å². The third kappa shape index (κ3) is 7.21. The minimum Gasteiger partial charge on any atom is -0.480 e. The zero-order valence-electron chi connectivity index (χ0n) is 13.4. The van der Waals surface area contributed by atoms with E-state index in [1.54, 1.807) is 30.3 Å². The number of thiocyanates is 1. The number of carbonyl (C=O) groups excluding carboxylic acids is 1. The van der Waals surface area contributed by atoms with Crippen molar-refractivity contribution in [3.8, 4) is 11.5 Å². The van der Waals surface area contributed by atoms with Gasteiger partial charge in [0.25, 0.3) is 5.91 Å². The number of hydrogen-bond acceptors (Lipinski definition) is 7. The average Bonchev–Trinajstić information content (AvgIpc) is 2.60. The molecular formula is C16H16N4O3S2.